The fourth-order valence-electron chi connectivity index (χ4n) is 3.09. The minimum absolute atomic E-state index is 0.121. The third kappa shape index (κ3) is 2.39. The second-order valence-corrected chi connectivity index (χ2v) is 5.74. The van der Waals surface area contributed by atoms with Gasteiger partial charge < -0.3 is 14.5 Å². The number of methoxy groups -OCH3 is 1. The Balaban J connectivity index is 1.77. The zero-order valence-corrected chi connectivity index (χ0v) is 13.5. The Morgan fingerprint density at radius 1 is 1.12 bits per heavy atom. The molecule has 1 N–H and O–H groups in total. The average Bonchev–Trinajstić information content (AvgIpc) is 3.07. The normalized spacial score (nSPS) is 14.3. The molecule has 0 saturated carbocycles. The highest BCUT2D eigenvalue weighted by Gasteiger charge is 2.32. The van der Waals surface area contributed by atoms with E-state index in [1.807, 2.05) is 24.3 Å². The van der Waals surface area contributed by atoms with Crippen LogP contribution in [0.5, 0.6) is 5.75 Å². The molecule has 2 aromatic carbocycles. The second-order valence-electron chi connectivity index (χ2n) is 5.74. The van der Waals surface area contributed by atoms with Crippen LogP contribution in [0.3, 0.4) is 0 Å². The highest BCUT2D eigenvalue weighted by atomic mass is 16.5. The number of nitrogens with zero attached hydrogens (tertiary/aromatic N) is 3. The van der Waals surface area contributed by atoms with Gasteiger partial charge in [0.25, 0.3) is 0 Å². The number of benzene rings is 2. The van der Waals surface area contributed by atoms with Crippen LogP contribution in [0.4, 0.5) is 0 Å². The molecule has 0 unspecified atom stereocenters. The quantitative estimate of drug-likeness (QED) is 0.462. The third-order valence-corrected chi connectivity index (χ3v) is 4.32. The SMILES string of the molecule is COc1ccc(Cn2cnc3c2C(=O)c2ccccc2/C3=N\O)cc1. The number of hydrogen-bond donors (Lipinski definition) is 1. The van der Waals surface area contributed by atoms with Crippen LogP contribution in [-0.4, -0.2) is 33.4 Å². The molecule has 25 heavy (non-hydrogen) atoms. The molecule has 0 spiro atoms. The van der Waals surface area contributed by atoms with Crippen molar-refractivity contribution in [1.82, 2.24) is 9.55 Å². The van der Waals surface area contributed by atoms with E-state index in [4.69, 9.17) is 4.74 Å². The van der Waals surface area contributed by atoms with Gasteiger partial charge in [-0.2, -0.15) is 0 Å². The number of ketones is 1. The Bertz CT molecular complexity index is 987. The standard InChI is InChI=1S/C19H15N3O3/c1-25-13-8-6-12(7-9-13)10-22-11-20-17-16(21-24)14-4-2-3-5-15(14)19(23)18(17)22/h2-9,11,24H,10H2,1H3/b21-16+. The maximum absolute atomic E-state index is 12.9. The van der Waals surface area contributed by atoms with E-state index in [-0.39, 0.29) is 5.78 Å². The van der Waals surface area contributed by atoms with E-state index >= 15 is 0 Å². The molecular weight excluding hydrogens is 318 g/mol. The molecule has 0 atom stereocenters. The highest BCUT2D eigenvalue weighted by molar-refractivity contribution is 6.28. The summed E-state index contributed by atoms with van der Waals surface area (Å²) in [7, 11) is 1.62. The molecule has 0 saturated heterocycles. The van der Waals surface area contributed by atoms with Gasteiger partial charge in [0, 0.05) is 17.7 Å². The maximum Gasteiger partial charge on any atom is 0.212 e. The highest BCUT2D eigenvalue weighted by Crippen LogP contribution is 2.27. The van der Waals surface area contributed by atoms with E-state index in [9.17, 15) is 10.0 Å². The number of imidazole rings is 1. The summed E-state index contributed by atoms with van der Waals surface area (Å²) in [6.45, 7) is 0.485. The Hall–Kier alpha value is -3.41. The first-order valence-corrected chi connectivity index (χ1v) is 7.77. The summed E-state index contributed by atoms with van der Waals surface area (Å²) in [6.07, 6.45) is 1.60. The lowest BCUT2D eigenvalue weighted by molar-refractivity contribution is 0.102. The number of ether oxygens (including phenoxy) is 1. The topological polar surface area (TPSA) is 76.7 Å². The van der Waals surface area contributed by atoms with E-state index in [1.165, 1.54) is 0 Å². The molecular formula is C19H15N3O3. The Morgan fingerprint density at radius 3 is 2.52 bits per heavy atom. The average molecular weight is 333 g/mol. The number of oxime groups is 1. The lowest BCUT2D eigenvalue weighted by Crippen LogP contribution is -2.24. The molecule has 6 nitrogen and oxygen atoms in total. The summed E-state index contributed by atoms with van der Waals surface area (Å²) in [5.41, 5.74) is 3.27. The van der Waals surface area contributed by atoms with Crippen LogP contribution >= 0.6 is 0 Å². The lowest BCUT2D eigenvalue weighted by atomic mass is 9.89. The molecule has 0 amide bonds. The van der Waals surface area contributed by atoms with Crippen molar-refractivity contribution in [2.24, 2.45) is 5.16 Å². The van der Waals surface area contributed by atoms with Crippen LogP contribution in [0, 0.1) is 0 Å². The largest absolute Gasteiger partial charge is 0.497 e. The molecule has 124 valence electrons. The van der Waals surface area contributed by atoms with Crippen molar-refractivity contribution >= 4 is 11.5 Å². The Morgan fingerprint density at radius 2 is 1.84 bits per heavy atom. The zero-order valence-electron chi connectivity index (χ0n) is 13.5. The van der Waals surface area contributed by atoms with E-state index in [1.54, 1.807) is 42.3 Å². The molecule has 1 heterocycles. The van der Waals surface area contributed by atoms with Crippen molar-refractivity contribution in [2.75, 3.05) is 7.11 Å². The fourth-order valence-corrected chi connectivity index (χ4v) is 3.09. The van der Waals surface area contributed by atoms with Crippen LogP contribution in [0.25, 0.3) is 0 Å². The first kappa shape index (κ1) is 15.1. The summed E-state index contributed by atoms with van der Waals surface area (Å²) >= 11 is 0. The summed E-state index contributed by atoms with van der Waals surface area (Å²) in [5, 5.41) is 12.8. The van der Waals surface area contributed by atoms with Crippen LogP contribution < -0.4 is 4.74 Å². The van der Waals surface area contributed by atoms with Crippen molar-refractivity contribution < 1.29 is 14.7 Å². The van der Waals surface area contributed by atoms with Gasteiger partial charge in [-0.25, -0.2) is 4.98 Å². The van der Waals surface area contributed by atoms with E-state index in [0.717, 1.165) is 11.3 Å². The van der Waals surface area contributed by atoms with Gasteiger partial charge in [0.1, 0.15) is 22.8 Å². The molecule has 6 heteroatoms. The predicted octanol–water partition coefficient (Wildman–Crippen LogP) is 2.71. The molecule has 0 radical (unpaired) electrons. The van der Waals surface area contributed by atoms with Gasteiger partial charge in [0.2, 0.25) is 5.78 Å². The van der Waals surface area contributed by atoms with E-state index in [0.29, 0.717) is 34.8 Å². The number of fused-ring (bicyclic) bond motifs is 2. The summed E-state index contributed by atoms with van der Waals surface area (Å²) in [5.74, 6) is 0.653. The summed E-state index contributed by atoms with van der Waals surface area (Å²) in [6, 6.07) is 14.7. The molecule has 3 aromatic rings. The van der Waals surface area contributed by atoms with Gasteiger partial charge in [-0.1, -0.05) is 41.6 Å². The number of aromatic nitrogens is 2. The zero-order chi connectivity index (χ0) is 17.4. The number of hydrogen-bond acceptors (Lipinski definition) is 5. The van der Waals surface area contributed by atoms with Crippen molar-refractivity contribution in [3.8, 4) is 5.75 Å². The van der Waals surface area contributed by atoms with Crippen molar-refractivity contribution in [2.45, 2.75) is 6.54 Å². The molecule has 0 bridgehead atoms. The summed E-state index contributed by atoms with van der Waals surface area (Å²) in [4.78, 5) is 17.2. The lowest BCUT2D eigenvalue weighted by Gasteiger charge is -2.17. The van der Waals surface area contributed by atoms with Gasteiger partial charge in [-0.3, -0.25) is 4.79 Å². The molecule has 1 aliphatic rings. The molecule has 1 aromatic heterocycles. The van der Waals surface area contributed by atoms with Gasteiger partial charge in [-0.15, -0.1) is 0 Å². The second kappa shape index (κ2) is 5.90. The minimum Gasteiger partial charge on any atom is -0.497 e. The minimum atomic E-state index is -0.121. The van der Waals surface area contributed by atoms with Crippen LogP contribution in [0.15, 0.2) is 60.0 Å². The maximum atomic E-state index is 12.9. The van der Waals surface area contributed by atoms with Gasteiger partial charge in [-0.05, 0) is 17.7 Å². The number of rotatable bonds is 3. The molecule has 1 aliphatic carbocycles. The third-order valence-electron chi connectivity index (χ3n) is 4.32. The van der Waals surface area contributed by atoms with E-state index in [2.05, 4.69) is 10.1 Å². The van der Waals surface area contributed by atoms with Crippen LogP contribution in [0.2, 0.25) is 0 Å². The predicted molar refractivity (Wildman–Crippen MR) is 91.6 cm³/mol. The first-order chi connectivity index (χ1) is 12.2. The van der Waals surface area contributed by atoms with Gasteiger partial charge in [0.05, 0.1) is 13.4 Å². The van der Waals surface area contributed by atoms with Crippen LogP contribution in [-0.2, 0) is 6.54 Å². The van der Waals surface area contributed by atoms with Crippen molar-refractivity contribution in [1.29, 1.82) is 0 Å². The first-order valence-electron chi connectivity index (χ1n) is 7.77. The molecule has 0 aliphatic heterocycles. The van der Waals surface area contributed by atoms with Gasteiger partial charge >= 0.3 is 0 Å². The monoisotopic (exact) mass is 333 g/mol. The molecule has 4 rings (SSSR count). The van der Waals surface area contributed by atoms with Crippen molar-refractivity contribution in [3.05, 3.63) is 82.9 Å². The van der Waals surface area contributed by atoms with Crippen LogP contribution in [0.1, 0.15) is 32.9 Å². The van der Waals surface area contributed by atoms with E-state index < -0.39 is 0 Å². The number of carbonyl (C=O) groups is 1. The Kier molecular flexibility index (Phi) is 3.57. The van der Waals surface area contributed by atoms with Crippen molar-refractivity contribution in [3.63, 3.8) is 0 Å². The molecule has 0 fully saturated rings. The number of carbonyl (C=O) groups excluding carboxylic acids is 1. The smallest absolute Gasteiger partial charge is 0.212 e. The Labute approximate surface area is 144 Å². The fraction of sp³-hybridized carbons (Fsp3) is 0.105. The van der Waals surface area contributed by atoms with Gasteiger partial charge in [0.15, 0.2) is 0 Å². The summed E-state index contributed by atoms with van der Waals surface area (Å²) < 4.78 is 6.94.